The molecule has 0 radical (unpaired) electrons. The summed E-state index contributed by atoms with van der Waals surface area (Å²) in [7, 11) is 1.92. The molecule has 1 heterocycles. The van der Waals surface area contributed by atoms with Crippen LogP contribution in [0.1, 0.15) is 50.2 Å². The number of rotatable bonds is 6. The Balaban J connectivity index is 1.77. The summed E-state index contributed by atoms with van der Waals surface area (Å²) in [6, 6.07) is 15.8. The molecule has 3 rings (SSSR count). The summed E-state index contributed by atoms with van der Waals surface area (Å²) in [4.78, 5) is 15.1. The number of carbonyl (C=O) groups excluding carboxylic acids is 1. The van der Waals surface area contributed by atoms with Gasteiger partial charge in [-0.15, -0.1) is 0 Å². The summed E-state index contributed by atoms with van der Waals surface area (Å²) in [5.74, 6) is 0.190. The lowest BCUT2D eigenvalue weighted by molar-refractivity contribution is -0.138. The van der Waals surface area contributed by atoms with Gasteiger partial charge in [0, 0.05) is 36.2 Å². The first-order valence-electron chi connectivity index (χ1n) is 10.1. The van der Waals surface area contributed by atoms with Gasteiger partial charge in [-0.2, -0.15) is 0 Å². The van der Waals surface area contributed by atoms with Gasteiger partial charge in [-0.1, -0.05) is 53.5 Å². The van der Waals surface area contributed by atoms with Crippen LogP contribution in [-0.2, 0) is 16.0 Å². The molecule has 2 aromatic rings. The molecule has 1 aliphatic rings. The van der Waals surface area contributed by atoms with Crippen LogP contribution < -0.4 is 0 Å². The van der Waals surface area contributed by atoms with Gasteiger partial charge in [-0.25, -0.2) is 0 Å². The van der Waals surface area contributed by atoms with Gasteiger partial charge in [0.1, 0.15) is 0 Å². The third-order valence-corrected chi connectivity index (χ3v) is 6.42. The minimum Gasteiger partial charge on any atom is -0.375 e. The molecule has 0 spiro atoms. The van der Waals surface area contributed by atoms with Gasteiger partial charge in [0.05, 0.1) is 5.60 Å². The highest BCUT2D eigenvalue weighted by atomic mass is 35.5. The van der Waals surface area contributed by atoms with E-state index < -0.39 is 0 Å². The summed E-state index contributed by atoms with van der Waals surface area (Å²) in [6.07, 6.45) is 2.87. The van der Waals surface area contributed by atoms with E-state index in [2.05, 4.69) is 13.8 Å². The standard InChI is InChI=1S/C24H29Cl2NO2/c1-24(2)16-21(12-13-29-24)27(3)23(28)15-19(17-8-10-20(25)11-9-17)14-18-6-4-5-7-22(18)26/h4-11,19,21H,12-16H2,1-3H3/t19-,21+/m1/s1. The van der Waals surface area contributed by atoms with Gasteiger partial charge in [-0.3, -0.25) is 4.79 Å². The van der Waals surface area contributed by atoms with Crippen molar-refractivity contribution in [1.29, 1.82) is 0 Å². The van der Waals surface area contributed by atoms with Crippen molar-refractivity contribution in [2.45, 2.75) is 57.1 Å². The van der Waals surface area contributed by atoms with Crippen LogP contribution in [-0.4, -0.2) is 36.1 Å². The zero-order chi connectivity index (χ0) is 21.0. The van der Waals surface area contributed by atoms with Crippen LogP contribution in [0.15, 0.2) is 48.5 Å². The minimum atomic E-state index is -0.190. The van der Waals surface area contributed by atoms with E-state index >= 15 is 0 Å². The summed E-state index contributed by atoms with van der Waals surface area (Å²) >= 11 is 12.5. The highest BCUT2D eigenvalue weighted by Gasteiger charge is 2.33. The number of carbonyl (C=O) groups is 1. The summed E-state index contributed by atoms with van der Waals surface area (Å²) in [6.45, 7) is 4.87. The molecule has 1 aliphatic heterocycles. The van der Waals surface area contributed by atoms with Crippen molar-refractivity contribution >= 4 is 29.1 Å². The molecule has 29 heavy (non-hydrogen) atoms. The van der Waals surface area contributed by atoms with E-state index in [1.807, 2.05) is 60.5 Å². The van der Waals surface area contributed by atoms with E-state index in [-0.39, 0.29) is 23.5 Å². The van der Waals surface area contributed by atoms with Crippen LogP contribution in [0.5, 0.6) is 0 Å². The van der Waals surface area contributed by atoms with E-state index in [1.54, 1.807) is 0 Å². The van der Waals surface area contributed by atoms with Crippen molar-refractivity contribution in [3.8, 4) is 0 Å². The Morgan fingerprint density at radius 1 is 1.17 bits per heavy atom. The lowest BCUT2D eigenvalue weighted by Crippen LogP contribution is -2.47. The molecule has 0 N–H and O–H groups in total. The highest BCUT2D eigenvalue weighted by molar-refractivity contribution is 6.31. The maximum absolute atomic E-state index is 13.2. The number of hydrogen-bond donors (Lipinski definition) is 0. The van der Waals surface area contributed by atoms with Crippen molar-refractivity contribution < 1.29 is 9.53 Å². The Morgan fingerprint density at radius 2 is 1.86 bits per heavy atom. The number of halogens is 2. The quantitative estimate of drug-likeness (QED) is 0.548. The van der Waals surface area contributed by atoms with Crippen molar-refractivity contribution in [3.63, 3.8) is 0 Å². The molecule has 0 aliphatic carbocycles. The highest BCUT2D eigenvalue weighted by Crippen LogP contribution is 2.31. The molecule has 3 nitrogen and oxygen atoms in total. The van der Waals surface area contributed by atoms with Crippen molar-refractivity contribution in [2.75, 3.05) is 13.7 Å². The predicted octanol–water partition coefficient (Wildman–Crippen LogP) is 6.13. The molecule has 0 bridgehead atoms. The maximum atomic E-state index is 13.2. The normalized spacial score (nSPS) is 19.6. The smallest absolute Gasteiger partial charge is 0.223 e. The molecule has 0 saturated carbocycles. The van der Waals surface area contributed by atoms with Crippen LogP contribution in [0.3, 0.4) is 0 Å². The predicted molar refractivity (Wildman–Crippen MR) is 120 cm³/mol. The number of hydrogen-bond acceptors (Lipinski definition) is 2. The topological polar surface area (TPSA) is 29.5 Å². The first-order chi connectivity index (χ1) is 13.7. The van der Waals surface area contributed by atoms with E-state index in [9.17, 15) is 4.79 Å². The van der Waals surface area contributed by atoms with Crippen molar-refractivity contribution in [3.05, 3.63) is 69.7 Å². The SMILES string of the molecule is CN(C(=O)C[C@@H](Cc1ccccc1Cl)c1ccc(Cl)cc1)[C@H]1CCOC(C)(C)C1. The minimum absolute atomic E-state index is 0.0370. The fourth-order valence-electron chi connectivity index (χ4n) is 4.06. The molecule has 0 unspecified atom stereocenters. The third-order valence-electron chi connectivity index (χ3n) is 5.80. The Morgan fingerprint density at radius 3 is 2.52 bits per heavy atom. The van der Waals surface area contributed by atoms with Crippen molar-refractivity contribution in [2.24, 2.45) is 0 Å². The summed E-state index contributed by atoms with van der Waals surface area (Å²) in [5, 5.41) is 1.43. The molecule has 0 aromatic heterocycles. The van der Waals surface area contributed by atoms with E-state index in [1.165, 1.54) is 0 Å². The summed E-state index contributed by atoms with van der Waals surface area (Å²) in [5.41, 5.74) is 1.96. The van der Waals surface area contributed by atoms with Crippen LogP contribution in [0.25, 0.3) is 0 Å². The zero-order valence-electron chi connectivity index (χ0n) is 17.3. The third kappa shape index (κ3) is 5.97. The Bertz CT molecular complexity index is 835. The largest absolute Gasteiger partial charge is 0.375 e. The van der Waals surface area contributed by atoms with E-state index in [0.29, 0.717) is 24.5 Å². The Hall–Kier alpha value is -1.55. The van der Waals surface area contributed by atoms with Crippen molar-refractivity contribution in [1.82, 2.24) is 4.90 Å². The number of ether oxygens (including phenoxy) is 1. The van der Waals surface area contributed by atoms with E-state index in [0.717, 1.165) is 29.0 Å². The second-order valence-electron chi connectivity index (χ2n) is 8.51. The number of benzene rings is 2. The van der Waals surface area contributed by atoms with Gasteiger partial charge >= 0.3 is 0 Å². The molecule has 1 saturated heterocycles. The van der Waals surface area contributed by atoms with Gasteiger partial charge in [0.15, 0.2) is 0 Å². The van der Waals surface area contributed by atoms with E-state index in [4.69, 9.17) is 27.9 Å². The lowest BCUT2D eigenvalue weighted by atomic mass is 9.88. The fourth-order valence-corrected chi connectivity index (χ4v) is 4.40. The second-order valence-corrected chi connectivity index (χ2v) is 9.35. The molecule has 5 heteroatoms. The van der Waals surface area contributed by atoms with Gasteiger partial charge in [0.2, 0.25) is 5.91 Å². The molecule has 1 fully saturated rings. The molecule has 2 atom stereocenters. The average Bonchev–Trinajstić information content (AvgIpc) is 2.68. The van der Waals surface area contributed by atoms with Crippen LogP contribution in [0, 0.1) is 0 Å². The first kappa shape index (κ1) is 22.1. The lowest BCUT2D eigenvalue weighted by Gasteiger charge is -2.40. The Kier molecular flexibility index (Phi) is 7.26. The molecular weight excluding hydrogens is 405 g/mol. The van der Waals surface area contributed by atoms with Crippen LogP contribution >= 0.6 is 23.2 Å². The number of amides is 1. The molecule has 156 valence electrons. The zero-order valence-corrected chi connectivity index (χ0v) is 18.8. The molecule has 1 amide bonds. The first-order valence-corrected chi connectivity index (χ1v) is 10.9. The van der Waals surface area contributed by atoms with Gasteiger partial charge in [-0.05, 0) is 68.4 Å². The summed E-state index contributed by atoms with van der Waals surface area (Å²) < 4.78 is 5.81. The molecular formula is C24H29Cl2NO2. The Labute approximate surface area is 184 Å². The average molecular weight is 434 g/mol. The second kappa shape index (κ2) is 9.51. The number of nitrogens with zero attached hydrogens (tertiary/aromatic N) is 1. The molecule has 2 aromatic carbocycles. The van der Waals surface area contributed by atoms with Crippen LogP contribution in [0.4, 0.5) is 0 Å². The van der Waals surface area contributed by atoms with Crippen LogP contribution in [0.2, 0.25) is 10.0 Å². The maximum Gasteiger partial charge on any atom is 0.223 e. The monoisotopic (exact) mass is 433 g/mol. The van der Waals surface area contributed by atoms with Gasteiger partial charge in [0.25, 0.3) is 0 Å². The fraction of sp³-hybridized carbons (Fsp3) is 0.458. The van der Waals surface area contributed by atoms with Gasteiger partial charge < -0.3 is 9.64 Å².